The van der Waals surface area contributed by atoms with Crippen LogP contribution in [0.15, 0.2) is 36.4 Å². The summed E-state index contributed by atoms with van der Waals surface area (Å²) < 4.78 is 19.8. The number of rotatable bonds is 6. The minimum Gasteiger partial charge on any atom is -0.493 e. The molecule has 1 saturated carbocycles. The van der Waals surface area contributed by atoms with Crippen LogP contribution in [-0.4, -0.2) is 24.6 Å². The Morgan fingerprint density at radius 3 is 2.57 bits per heavy atom. The molecule has 150 valence electrons. The fraction of sp³-hybridized carbons (Fsp3) is 0.478. The van der Waals surface area contributed by atoms with E-state index in [0.29, 0.717) is 28.5 Å². The Bertz CT molecular complexity index is 819. The highest BCUT2D eigenvalue weighted by molar-refractivity contribution is 6.34. The third-order valence-corrected chi connectivity index (χ3v) is 6.37. The molecule has 0 N–H and O–H groups in total. The summed E-state index contributed by atoms with van der Waals surface area (Å²) in [6.45, 7) is 4.83. The maximum absolute atomic E-state index is 13.7. The second-order valence-electron chi connectivity index (χ2n) is 8.15. The van der Waals surface area contributed by atoms with Crippen LogP contribution in [0.4, 0.5) is 4.39 Å². The van der Waals surface area contributed by atoms with Gasteiger partial charge in [0.1, 0.15) is 11.6 Å². The zero-order chi connectivity index (χ0) is 19.7. The summed E-state index contributed by atoms with van der Waals surface area (Å²) in [4.78, 5) is 2.47. The van der Waals surface area contributed by atoms with Gasteiger partial charge in [0.2, 0.25) is 0 Å². The maximum Gasteiger partial charge on any atom is 0.126 e. The molecule has 1 aliphatic heterocycles. The Balaban J connectivity index is 1.40. The van der Waals surface area contributed by atoms with Gasteiger partial charge in [-0.3, -0.25) is 4.90 Å². The minimum absolute atomic E-state index is 0.226. The van der Waals surface area contributed by atoms with Crippen LogP contribution in [-0.2, 0) is 0 Å². The van der Waals surface area contributed by atoms with E-state index in [1.807, 2.05) is 18.2 Å². The molecular weight excluding hydrogens is 396 g/mol. The smallest absolute Gasteiger partial charge is 0.126 e. The summed E-state index contributed by atoms with van der Waals surface area (Å²) in [5, 5.41) is 1.34. The van der Waals surface area contributed by atoms with Crippen molar-refractivity contribution >= 4 is 23.2 Å². The van der Waals surface area contributed by atoms with E-state index in [9.17, 15) is 4.39 Å². The van der Waals surface area contributed by atoms with Gasteiger partial charge in [0.15, 0.2) is 0 Å². The standard InChI is InChI=1S/C23H26Cl2FNO/c1-15(18-9-19(24)11-20(25)10-18)27-8-2-3-16(13-27)14-28-23-12-21(26)6-7-22(23)17-4-5-17/h6-7,9-12,15-17H,2-5,8,13-14H2,1H3/t15-,16-/m0/s1. The van der Waals surface area contributed by atoms with E-state index in [1.54, 1.807) is 18.2 Å². The second kappa shape index (κ2) is 8.61. The van der Waals surface area contributed by atoms with Crippen LogP contribution in [0.3, 0.4) is 0 Å². The molecule has 0 unspecified atom stereocenters. The van der Waals surface area contributed by atoms with Crippen molar-refractivity contribution in [1.29, 1.82) is 0 Å². The van der Waals surface area contributed by atoms with Crippen molar-refractivity contribution in [3.63, 3.8) is 0 Å². The molecule has 1 saturated heterocycles. The molecule has 0 amide bonds. The summed E-state index contributed by atoms with van der Waals surface area (Å²) in [6.07, 6.45) is 4.62. The zero-order valence-electron chi connectivity index (χ0n) is 16.1. The van der Waals surface area contributed by atoms with E-state index >= 15 is 0 Å². The fourth-order valence-electron chi connectivity index (χ4n) is 4.18. The molecule has 4 rings (SSSR count). The van der Waals surface area contributed by atoms with Crippen molar-refractivity contribution in [2.45, 2.75) is 44.6 Å². The Morgan fingerprint density at radius 1 is 1.11 bits per heavy atom. The molecule has 2 aromatic carbocycles. The number of piperidine rings is 1. The summed E-state index contributed by atoms with van der Waals surface area (Å²) in [5.74, 6) is 1.48. The zero-order valence-corrected chi connectivity index (χ0v) is 17.6. The largest absolute Gasteiger partial charge is 0.493 e. The average Bonchev–Trinajstić information content (AvgIpc) is 3.50. The molecular formula is C23H26Cl2FNO. The van der Waals surface area contributed by atoms with Gasteiger partial charge in [-0.2, -0.15) is 0 Å². The van der Waals surface area contributed by atoms with Gasteiger partial charge in [-0.25, -0.2) is 4.39 Å². The predicted octanol–water partition coefficient (Wildman–Crippen LogP) is 6.86. The highest BCUT2D eigenvalue weighted by Gasteiger charge is 2.29. The number of halogens is 3. The van der Waals surface area contributed by atoms with E-state index in [4.69, 9.17) is 27.9 Å². The van der Waals surface area contributed by atoms with Crippen LogP contribution >= 0.6 is 23.2 Å². The number of nitrogens with zero attached hydrogens (tertiary/aromatic N) is 1. The molecule has 0 spiro atoms. The third-order valence-electron chi connectivity index (χ3n) is 5.93. The lowest BCUT2D eigenvalue weighted by molar-refractivity contribution is 0.100. The van der Waals surface area contributed by atoms with Gasteiger partial charge < -0.3 is 4.74 Å². The number of ether oxygens (including phenoxy) is 1. The first-order chi connectivity index (χ1) is 13.5. The van der Waals surface area contributed by atoms with Crippen LogP contribution in [0.1, 0.15) is 55.7 Å². The van der Waals surface area contributed by atoms with Crippen LogP contribution in [0.2, 0.25) is 10.0 Å². The second-order valence-corrected chi connectivity index (χ2v) is 9.02. The molecule has 2 aromatic rings. The molecule has 28 heavy (non-hydrogen) atoms. The first-order valence-corrected chi connectivity index (χ1v) is 10.9. The van der Waals surface area contributed by atoms with E-state index in [1.165, 1.54) is 12.8 Å². The molecule has 5 heteroatoms. The number of likely N-dealkylation sites (tertiary alicyclic amines) is 1. The summed E-state index contributed by atoms with van der Waals surface area (Å²) >= 11 is 12.4. The lowest BCUT2D eigenvalue weighted by Gasteiger charge is -2.37. The number of benzene rings is 2. The van der Waals surface area contributed by atoms with Crippen LogP contribution in [0, 0.1) is 11.7 Å². The molecule has 2 fully saturated rings. The quantitative estimate of drug-likeness (QED) is 0.504. The van der Waals surface area contributed by atoms with Crippen molar-refractivity contribution in [3.8, 4) is 5.75 Å². The van der Waals surface area contributed by atoms with E-state index in [0.717, 1.165) is 42.8 Å². The van der Waals surface area contributed by atoms with Crippen molar-refractivity contribution < 1.29 is 9.13 Å². The number of hydrogen-bond acceptors (Lipinski definition) is 2. The van der Waals surface area contributed by atoms with E-state index in [2.05, 4.69) is 11.8 Å². The van der Waals surface area contributed by atoms with Gasteiger partial charge in [0.25, 0.3) is 0 Å². The maximum atomic E-state index is 13.7. The monoisotopic (exact) mass is 421 g/mol. The van der Waals surface area contributed by atoms with Gasteiger partial charge in [0.05, 0.1) is 6.61 Å². The average molecular weight is 422 g/mol. The summed E-state index contributed by atoms with van der Waals surface area (Å²) in [6, 6.07) is 11.0. The SMILES string of the molecule is C[C@@H](c1cc(Cl)cc(Cl)c1)N1CCC[C@H](COc2cc(F)ccc2C2CC2)C1. The first kappa shape index (κ1) is 20.0. The van der Waals surface area contributed by atoms with Crippen molar-refractivity contribution in [2.75, 3.05) is 19.7 Å². The van der Waals surface area contributed by atoms with Gasteiger partial charge in [-0.1, -0.05) is 29.3 Å². The number of hydrogen-bond donors (Lipinski definition) is 0. The summed E-state index contributed by atoms with van der Waals surface area (Å²) in [7, 11) is 0. The Morgan fingerprint density at radius 2 is 1.86 bits per heavy atom. The van der Waals surface area contributed by atoms with Gasteiger partial charge in [0, 0.05) is 34.6 Å². The van der Waals surface area contributed by atoms with E-state index < -0.39 is 0 Å². The highest BCUT2D eigenvalue weighted by Crippen LogP contribution is 2.44. The minimum atomic E-state index is -0.226. The predicted molar refractivity (Wildman–Crippen MR) is 113 cm³/mol. The molecule has 2 atom stereocenters. The Hall–Kier alpha value is -1.29. The summed E-state index contributed by atoms with van der Waals surface area (Å²) in [5.41, 5.74) is 2.30. The normalized spacial score (nSPS) is 21.5. The van der Waals surface area contributed by atoms with E-state index in [-0.39, 0.29) is 11.9 Å². The molecule has 0 bridgehead atoms. The molecule has 2 aliphatic rings. The Kier molecular flexibility index (Phi) is 6.15. The van der Waals surface area contributed by atoms with Gasteiger partial charge in [-0.15, -0.1) is 0 Å². The van der Waals surface area contributed by atoms with Crippen molar-refractivity contribution in [1.82, 2.24) is 4.90 Å². The van der Waals surface area contributed by atoms with Gasteiger partial charge >= 0.3 is 0 Å². The lowest BCUT2D eigenvalue weighted by Crippen LogP contribution is -2.39. The highest BCUT2D eigenvalue weighted by atomic mass is 35.5. The van der Waals surface area contributed by atoms with Crippen LogP contribution < -0.4 is 4.74 Å². The van der Waals surface area contributed by atoms with Crippen LogP contribution in [0.5, 0.6) is 5.75 Å². The van der Waals surface area contributed by atoms with Crippen molar-refractivity contribution in [3.05, 3.63) is 63.4 Å². The van der Waals surface area contributed by atoms with Crippen molar-refractivity contribution in [2.24, 2.45) is 5.92 Å². The molecule has 0 aromatic heterocycles. The molecule has 1 aliphatic carbocycles. The molecule has 2 nitrogen and oxygen atoms in total. The van der Waals surface area contributed by atoms with Gasteiger partial charge in [-0.05, 0) is 80.5 Å². The molecule has 1 heterocycles. The fourth-order valence-corrected chi connectivity index (χ4v) is 4.73. The topological polar surface area (TPSA) is 12.5 Å². The van der Waals surface area contributed by atoms with Crippen LogP contribution in [0.25, 0.3) is 0 Å². The Labute approximate surface area is 176 Å². The molecule has 0 radical (unpaired) electrons. The lowest BCUT2D eigenvalue weighted by atomic mass is 9.96. The first-order valence-electron chi connectivity index (χ1n) is 10.1. The third kappa shape index (κ3) is 4.82.